The lowest BCUT2D eigenvalue weighted by Gasteiger charge is -2.32. The first-order valence-corrected chi connectivity index (χ1v) is 8.62. The average molecular weight is 297 g/mol. The predicted molar refractivity (Wildman–Crippen MR) is 84.4 cm³/mol. The first-order valence-electron chi connectivity index (χ1n) is 8.62. The maximum Gasteiger partial charge on any atom is 0.246 e. The molecule has 0 atom stereocenters. The Bertz CT molecular complexity index is 298. The van der Waals surface area contributed by atoms with Gasteiger partial charge >= 0.3 is 0 Å². The number of piperidine rings is 2. The van der Waals surface area contributed by atoms with Crippen molar-refractivity contribution in [2.45, 2.75) is 57.6 Å². The Balaban J connectivity index is 1.56. The van der Waals surface area contributed by atoms with Gasteiger partial charge in [0.25, 0.3) is 0 Å². The van der Waals surface area contributed by atoms with E-state index in [0.717, 1.165) is 51.9 Å². The molecule has 0 spiro atoms. The van der Waals surface area contributed by atoms with Crippen LogP contribution in [0.3, 0.4) is 0 Å². The van der Waals surface area contributed by atoms with Crippen LogP contribution >= 0.6 is 0 Å². The van der Waals surface area contributed by atoms with Crippen LogP contribution in [0.15, 0.2) is 0 Å². The van der Waals surface area contributed by atoms with Crippen molar-refractivity contribution in [1.29, 1.82) is 0 Å². The lowest BCUT2D eigenvalue weighted by Crippen LogP contribution is -2.46. The van der Waals surface area contributed by atoms with Gasteiger partial charge in [-0.15, -0.1) is 0 Å². The molecule has 0 unspecified atom stereocenters. The van der Waals surface area contributed by atoms with E-state index >= 15 is 0 Å². The van der Waals surface area contributed by atoms with Crippen molar-refractivity contribution in [3.8, 4) is 0 Å². The number of nitrogens with zero attached hydrogens (tertiary/aromatic N) is 1. The molecule has 2 aliphatic heterocycles. The summed E-state index contributed by atoms with van der Waals surface area (Å²) in [5.41, 5.74) is 0. The Kier molecular flexibility index (Phi) is 7.47. The number of carbonyl (C=O) groups excluding carboxylic acids is 1. The van der Waals surface area contributed by atoms with Crippen LogP contribution in [-0.4, -0.2) is 62.3 Å². The van der Waals surface area contributed by atoms with Crippen molar-refractivity contribution in [2.24, 2.45) is 0 Å². The van der Waals surface area contributed by atoms with Gasteiger partial charge in [0, 0.05) is 19.1 Å². The lowest BCUT2D eigenvalue weighted by atomic mass is 10.0. The molecule has 0 aliphatic carbocycles. The smallest absolute Gasteiger partial charge is 0.246 e. The summed E-state index contributed by atoms with van der Waals surface area (Å²) in [4.78, 5) is 14.5. The third kappa shape index (κ3) is 6.32. The molecule has 2 saturated heterocycles. The largest absolute Gasteiger partial charge is 0.368 e. The number of nitrogens with one attached hydrogen (secondary N) is 2. The predicted octanol–water partition coefficient (Wildman–Crippen LogP) is 1.14. The number of ether oxygens (including phenoxy) is 1. The van der Waals surface area contributed by atoms with E-state index in [4.69, 9.17) is 4.74 Å². The maximum atomic E-state index is 11.9. The highest BCUT2D eigenvalue weighted by Crippen LogP contribution is 2.11. The second-order valence-electron chi connectivity index (χ2n) is 6.30. The molecule has 2 rings (SSSR count). The summed E-state index contributed by atoms with van der Waals surface area (Å²) in [5.74, 6) is 0.0561. The summed E-state index contributed by atoms with van der Waals surface area (Å²) in [7, 11) is 0. The average Bonchev–Trinajstić information content (AvgIpc) is 2.53. The highest BCUT2D eigenvalue weighted by Gasteiger charge is 2.21. The van der Waals surface area contributed by atoms with Crippen molar-refractivity contribution in [1.82, 2.24) is 15.5 Å². The Morgan fingerprint density at radius 3 is 2.62 bits per heavy atom. The second-order valence-corrected chi connectivity index (χ2v) is 6.30. The molecular weight excluding hydrogens is 266 g/mol. The molecule has 5 heteroatoms. The summed E-state index contributed by atoms with van der Waals surface area (Å²) in [6, 6.07) is 0.340. The zero-order valence-electron chi connectivity index (χ0n) is 13.4. The minimum absolute atomic E-state index is 0.0561. The molecular formula is C16H31N3O2. The summed E-state index contributed by atoms with van der Waals surface area (Å²) >= 11 is 0. The van der Waals surface area contributed by atoms with Crippen LogP contribution in [0.25, 0.3) is 0 Å². The fourth-order valence-electron chi connectivity index (χ4n) is 3.11. The number of rotatable bonds is 7. The van der Waals surface area contributed by atoms with Crippen LogP contribution in [0.2, 0.25) is 0 Å². The van der Waals surface area contributed by atoms with E-state index in [0.29, 0.717) is 6.04 Å². The van der Waals surface area contributed by atoms with Gasteiger partial charge in [0.15, 0.2) is 0 Å². The molecule has 0 bridgehead atoms. The van der Waals surface area contributed by atoms with Crippen LogP contribution in [-0.2, 0) is 9.53 Å². The first kappa shape index (κ1) is 16.7. The van der Waals surface area contributed by atoms with Crippen molar-refractivity contribution >= 4 is 5.91 Å². The molecule has 21 heavy (non-hydrogen) atoms. The molecule has 0 aromatic rings. The van der Waals surface area contributed by atoms with E-state index in [-0.39, 0.29) is 18.6 Å². The van der Waals surface area contributed by atoms with Crippen LogP contribution in [0, 0.1) is 0 Å². The van der Waals surface area contributed by atoms with Crippen LogP contribution < -0.4 is 10.6 Å². The minimum atomic E-state index is 0.0561. The molecule has 122 valence electrons. The van der Waals surface area contributed by atoms with Gasteiger partial charge in [-0.25, -0.2) is 0 Å². The fourth-order valence-corrected chi connectivity index (χ4v) is 3.11. The summed E-state index contributed by atoms with van der Waals surface area (Å²) < 4.78 is 5.70. The normalized spacial score (nSPS) is 22.3. The Morgan fingerprint density at radius 1 is 1.24 bits per heavy atom. The highest BCUT2D eigenvalue weighted by molar-refractivity contribution is 5.77. The van der Waals surface area contributed by atoms with E-state index in [9.17, 15) is 4.79 Å². The molecule has 0 aromatic carbocycles. The Labute approximate surface area is 128 Å². The minimum Gasteiger partial charge on any atom is -0.368 e. The van der Waals surface area contributed by atoms with E-state index in [1.54, 1.807) is 0 Å². The van der Waals surface area contributed by atoms with Gasteiger partial charge in [0.2, 0.25) is 5.91 Å². The third-order valence-corrected chi connectivity index (χ3v) is 4.52. The number of unbranched alkanes of at least 4 members (excludes halogenated alkanes) is 1. The number of carbonyl (C=O) groups is 1. The van der Waals surface area contributed by atoms with Crippen molar-refractivity contribution in [3.05, 3.63) is 0 Å². The van der Waals surface area contributed by atoms with Crippen molar-refractivity contribution in [2.75, 3.05) is 39.3 Å². The van der Waals surface area contributed by atoms with Gasteiger partial charge in [-0.2, -0.15) is 0 Å². The highest BCUT2D eigenvalue weighted by atomic mass is 16.5. The van der Waals surface area contributed by atoms with Gasteiger partial charge in [-0.1, -0.05) is 13.3 Å². The SMILES string of the molecule is CCCCN1CCC(NC(=O)COC2CCNCC2)CC1. The Morgan fingerprint density at radius 2 is 1.95 bits per heavy atom. The lowest BCUT2D eigenvalue weighted by molar-refractivity contribution is -0.129. The fraction of sp³-hybridized carbons (Fsp3) is 0.938. The zero-order valence-corrected chi connectivity index (χ0v) is 13.4. The zero-order chi connectivity index (χ0) is 14.9. The van der Waals surface area contributed by atoms with Crippen LogP contribution in [0.5, 0.6) is 0 Å². The number of amides is 1. The van der Waals surface area contributed by atoms with Gasteiger partial charge in [-0.3, -0.25) is 4.79 Å². The van der Waals surface area contributed by atoms with Crippen molar-refractivity contribution in [3.63, 3.8) is 0 Å². The van der Waals surface area contributed by atoms with E-state index in [1.807, 2.05) is 0 Å². The van der Waals surface area contributed by atoms with Gasteiger partial charge in [0.1, 0.15) is 6.61 Å². The maximum absolute atomic E-state index is 11.9. The molecule has 1 amide bonds. The summed E-state index contributed by atoms with van der Waals surface area (Å²) in [6.45, 7) is 7.89. The van der Waals surface area contributed by atoms with E-state index in [2.05, 4.69) is 22.5 Å². The molecule has 2 N–H and O–H groups in total. The van der Waals surface area contributed by atoms with Gasteiger partial charge in [-0.05, 0) is 51.7 Å². The quantitative estimate of drug-likeness (QED) is 0.740. The van der Waals surface area contributed by atoms with E-state index < -0.39 is 0 Å². The molecule has 0 saturated carbocycles. The van der Waals surface area contributed by atoms with Crippen LogP contribution in [0.4, 0.5) is 0 Å². The second kappa shape index (κ2) is 9.38. The first-order chi connectivity index (χ1) is 10.3. The molecule has 2 aliphatic rings. The monoisotopic (exact) mass is 297 g/mol. The van der Waals surface area contributed by atoms with E-state index in [1.165, 1.54) is 19.4 Å². The molecule has 0 aromatic heterocycles. The number of likely N-dealkylation sites (tertiary alicyclic amines) is 1. The topological polar surface area (TPSA) is 53.6 Å². The third-order valence-electron chi connectivity index (χ3n) is 4.52. The molecule has 2 heterocycles. The van der Waals surface area contributed by atoms with Gasteiger partial charge in [0.05, 0.1) is 6.10 Å². The van der Waals surface area contributed by atoms with Gasteiger partial charge < -0.3 is 20.3 Å². The summed E-state index contributed by atoms with van der Waals surface area (Å²) in [5, 5.41) is 6.43. The van der Waals surface area contributed by atoms with Crippen LogP contribution in [0.1, 0.15) is 45.4 Å². The Hall–Kier alpha value is -0.650. The number of hydrogen-bond donors (Lipinski definition) is 2. The molecule has 5 nitrogen and oxygen atoms in total. The number of hydrogen-bond acceptors (Lipinski definition) is 4. The summed E-state index contributed by atoms with van der Waals surface area (Å²) in [6.07, 6.45) is 6.97. The molecule has 2 fully saturated rings. The molecule has 0 radical (unpaired) electrons. The standard InChI is InChI=1S/C16H31N3O2/c1-2-3-10-19-11-6-14(7-12-19)18-16(20)13-21-15-4-8-17-9-5-15/h14-15,17H,2-13H2,1H3,(H,18,20). The van der Waals surface area contributed by atoms with Crippen molar-refractivity contribution < 1.29 is 9.53 Å².